The molecule has 8 nitrogen and oxygen atoms in total. The Bertz CT molecular complexity index is 1590. The van der Waals surface area contributed by atoms with Crippen molar-refractivity contribution in [3.05, 3.63) is 90.6 Å². The average Bonchev–Trinajstić information content (AvgIpc) is 3.16. The Morgan fingerprint density at radius 3 is 2.46 bits per heavy atom. The maximum absolute atomic E-state index is 13.7. The van der Waals surface area contributed by atoms with Gasteiger partial charge in [-0.25, -0.2) is 9.18 Å². The summed E-state index contributed by atoms with van der Waals surface area (Å²) in [5.74, 6) is -2.98. The van der Waals surface area contributed by atoms with Gasteiger partial charge in [0, 0.05) is 11.8 Å². The lowest BCUT2D eigenvalue weighted by molar-refractivity contribution is -0.133. The Labute approximate surface area is 202 Å². The van der Waals surface area contributed by atoms with E-state index in [9.17, 15) is 24.0 Å². The fraction of sp³-hybridized carbons (Fsp3) is 0.120. The summed E-state index contributed by atoms with van der Waals surface area (Å²) in [7, 11) is 1.17. The summed E-state index contributed by atoms with van der Waals surface area (Å²) in [4.78, 5) is 38.5. The normalized spacial score (nSPS) is 15.4. The molecule has 176 valence electrons. The number of fused-ring (bicyclic) bond motifs is 1. The zero-order valence-corrected chi connectivity index (χ0v) is 19.5. The molecule has 0 radical (unpaired) electrons. The fourth-order valence-corrected chi connectivity index (χ4v) is 4.89. The SMILES string of the molecule is COC(=O)/C=c1\sc2n(c1=O)C(N)=C(C#N)[C@H](c1ccc(F)cc1)C=2C(=O)Nc1ccc(C)cc1. The van der Waals surface area contributed by atoms with Crippen molar-refractivity contribution < 1.29 is 18.7 Å². The van der Waals surface area contributed by atoms with Gasteiger partial charge in [-0.1, -0.05) is 29.8 Å². The van der Waals surface area contributed by atoms with Gasteiger partial charge in [-0.05, 0) is 36.8 Å². The standard InChI is InChI=1S/C25H19FN4O4S/c1-13-3-9-16(10-4-13)29-23(32)21-20(14-5-7-15(26)8-6-14)17(12-27)22(28)30-24(33)18(35-25(21)30)11-19(31)34-2/h3-11,20H,28H2,1-2H3,(H,29,32)/b18-11-/t20-/m0/s1. The van der Waals surface area contributed by atoms with Crippen LogP contribution < -0.4 is 25.8 Å². The molecule has 0 spiro atoms. The van der Waals surface area contributed by atoms with Crippen molar-refractivity contribution in [3.8, 4) is 6.07 Å². The van der Waals surface area contributed by atoms with Gasteiger partial charge < -0.3 is 15.8 Å². The molecule has 0 fully saturated rings. The molecule has 1 aliphatic heterocycles. The Balaban J connectivity index is 2.04. The van der Waals surface area contributed by atoms with E-state index < -0.39 is 29.2 Å². The molecule has 2 aromatic carbocycles. The molecular formula is C25H19FN4O4S. The molecule has 1 aliphatic rings. The molecule has 0 unspecified atom stereocenters. The number of carbonyl (C=O) groups excluding carboxylic acids is 2. The molecule has 4 rings (SSSR count). The number of anilines is 1. The first-order chi connectivity index (χ1) is 16.7. The van der Waals surface area contributed by atoms with Crippen LogP contribution in [0.1, 0.15) is 17.0 Å². The number of rotatable bonds is 4. The largest absolute Gasteiger partial charge is 0.466 e. The number of ether oxygens (including phenoxy) is 1. The lowest BCUT2D eigenvalue weighted by Gasteiger charge is -2.25. The van der Waals surface area contributed by atoms with Crippen LogP contribution in [0.3, 0.4) is 0 Å². The van der Waals surface area contributed by atoms with Crippen LogP contribution in [0.15, 0.2) is 58.9 Å². The predicted molar refractivity (Wildman–Crippen MR) is 130 cm³/mol. The Morgan fingerprint density at radius 1 is 1.20 bits per heavy atom. The van der Waals surface area contributed by atoms with Crippen molar-refractivity contribution in [2.24, 2.45) is 5.73 Å². The highest BCUT2D eigenvalue weighted by Crippen LogP contribution is 2.36. The topological polar surface area (TPSA) is 127 Å². The van der Waals surface area contributed by atoms with Crippen molar-refractivity contribution in [2.75, 3.05) is 12.4 Å². The van der Waals surface area contributed by atoms with E-state index in [0.29, 0.717) is 11.3 Å². The second kappa shape index (κ2) is 9.40. The average molecular weight is 491 g/mol. The summed E-state index contributed by atoms with van der Waals surface area (Å²) >= 11 is 0.871. The monoisotopic (exact) mass is 490 g/mol. The van der Waals surface area contributed by atoms with Crippen molar-refractivity contribution in [1.82, 2.24) is 4.57 Å². The number of benzene rings is 2. The van der Waals surface area contributed by atoms with Gasteiger partial charge in [-0.2, -0.15) is 5.26 Å². The summed E-state index contributed by atoms with van der Waals surface area (Å²) in [6, 6.07) is 14.4. The lowest BCUT2D eigenvalue weighted by Crippen LogP contribution is -2.40. The maximum atomic E-state index is 13.7. The van der Waals surface area contributed by atoms with Gasteiger partial charge in [0.15, 0.2) is 0 Å². The Kier molecular flexibility index (Phi) is 6.36. The number of hydrogen-bond donors (Lipinski definition) is 2. The van der Waals surface area contributed by atoms with E-state index in [1.54, 1.807) is 12.1 Å². The predicted octanol–water partition coefficient (Wildman–Crippen LogP) is 1.55. The smallest absolute Gasteiger partial charge is 0.332 e. The summed E-state index contributed by atoms with van der Waals surface area (Å²) in [6.45, 7) is 1.91. The molecule has 0 saturated carbocycles. The fourth-order valence-electron chi connectivity index (χ4n) is 3.76. The molecule has 3 N–H and O–H groups in total. The number of esters is 1. The third-order valence-corrected chi connectivity index (χ3v) is 6.58. The molecule has 1 atom stereocenters. The van der Waals surface area contributed by atoms with Crippen LogP contribution in [-0.2, 0) is 14.3 Å². The number of halogens is 1. The number of nitrogens with two attached hydrogens (primary N) is 1. The molecule has 1 aromatic heterocycles. The van der Waals surface area contributed by atoms with E-state index in [-0.39, 0.29) is 26.2 Å². The number of carbonyl (C=O) groups is 2. The molecule has 0 aliphatic carbocycles. The lowest BCUT2D eigenvalue weighted by atomic mass is 9.83. The quantitative estimate of drug-likeness (QED) is 0.535. The van der Waals surface area contributed by atoms with E-state index in [1.165, 1.54) is 31.4 Å². The Morgan fingerprint density at radius 2 is 1.86 bits per heavy atom. The number of nitrogens with one attached hydrogen (secondary N) is 1. The first-order valence-electron chi connectivity index (χ1n) is 10.3. The zero-order valence-electron chi connectivity index (χ0n) is 18.7. The van der Waals surface area contributed by atoms with Crippen LogP contribution in [0.2, 0.25) is 0 Å². The number of aryl methyl sites for hydroxylation is 1. The highest BCUT2D eigenvalue weighted by molar-refractivity contribution is 7.07. The van der Waals surface area contributed by atoms with Crippen LogP contribution in [-0.4, -0.2) is 23.6 Å². The highest BCUT2D eigenvalue weighted by Gasteiger charge is 2.35. The van der Waals surface area contributed by atoms with Crippen LogP contribution in [0.25, 0.3) is 17.5 Å². The van der Waals surface area contributed by atoms with E-state index >= 15 is 0 Å². The maximum Gasteiger partial charge on any atom is 0.332 e. The van der Waals surface area contributed by atoms with Gasteiger partial charge in [0.25, 0.3) is 11.5 Å². The van der Waals surface area contributed by atoms with E-state index in [1.807, 2.05) is 25.1 Å². The summed E-state index contributed by atoms with van der Waals surface area (Å²) in [6.07, 6.45) is 1.00. The van der Waals surface area contributed by atoms with Gasteiger partial charge in [-0.15, -0.1) is 11.3 Å². The van der Waals surface area contributed by atoms with Gasteiger partial charge in [-0.3, -0.25) is 14.2 Å². The number of amides is 1. The third kappa shape index (κ3) is 4.37. The van der Waals surface area contributed by atoms with Gasteiger partial charge >= 0.3 is 5.97 Å². The second-order valence-corrected chi connectivity index (χ2v) is 8.74. The summed E-state index contributed by atoms with van der Waals surface area (Å²) in [5, 5.41) is 12.8. The molecule has 2 heterocycles. The minimum atomic E-state index is -0.977. The van der Waals surface area contributed by atoms with Gasteiger partial charge in [0.05, 0.1) is 30.2 Å². The van der Waals surface area contributed by atoms with E-state index in [4.69, 9.17) is 5.73 Å². The molecule has 10 heteroatoms. The third-order valence-electron chi connectivity index (χ3n) is 5.48. The Hall–Kier alpha value is -4.49. The van der Waals surface area contributed by atoms with Crippen molar-refractivity contribution in [1.29, 1.82) is 5.26 Å². The van der Waals surface area contributed by atoms with Crippen molar-refractivity contribution in [3.63, 3.8) is 0 Å². The van der Waals surface area contributed by atoms with Crippen LogP contribution in [0.4, 0.5) is 10.1 Å². The van der Waals surface area contributed by atoms with Crippen molar-refractivity contribution >= 4 is 46.4 Å². The molecule has 1 amide bonds. The molecule has 0 bridgehead atoms. The number of thiazole rings is 1. The molecule has 0 saturated heterocycles. The van der Waals surface area contributed by atoms with E-state index in [0.717, 1.165) is 27.5 Å². The molecule has 3 aromatic rings. The number of allylic oxidation sites excluding steroid dienone is 1. The number of methoxy groups -OCH3 is 1. The highest BCUT2D eigenvalue weighted by atomic mass is 32.1. The minimum absolute atomic E-state index is 0.0209. The minimum Gasteiger partial charge on any atom is -0.466 e. The van der Waals surface area contributed by atoms with Crippen LogP contribution in [0.5, 0.6) is 0 Å². The molecule has 35 heavy (non-hydrogen) atoms. The molecular weight excluding hydrogens is 471 g/mol. The number of nitrogens with zero attached hydrogens (tertiary/aromatic N) is 2. The van der Waals surface area contributed by atoms with E-state index in [2.05, 4.69) is 10.1 Å². The number of aromatic nitrogens is 1. The van der Waals surface area contributed by atoms with Gasteiger partial charge in [0.2, 0.25) is 0 Å². The first kappa shape index (κ1) is 23.7. The summed E-state index contributed by atoms with van der Waals surface area (Å²) in [5.41, 5.74) is 7.52. The van der Waals surface area contributed by atoms with Crippen molar-refractivity contribution in [2.45, 2.75) is 12.8 Å². The summed E-state index contributed by atoms with van der Waals surface area (Å²) < 4.78 is 19.5. The van der Waals surface area contributed by atoms with Gasteiger partial charge in [0.1, 0.15) is 20.8 Å². The second-order valence-electron chi connectivity index (χ2n) is 7.71. The van der Waals surface area contributed by atoms with Crippen LogP contribution >= 0.6 is 11.3 Å². The number of hydrogen-bond acceptors (Lipinski definition) is 7. The zero-order chi connectivity index (χ0) is 25.3. The number of nitriles is 1. The van der Waals surface area contributed by atoms with Crippen LogP contribution in [0, 0.1) is 24.1 Å². The first-order valence-corrected chi connectivity index (χ1v) is 11.2.